The molecule has 0 radical (unpaired) electrons. The number of amides is 1. The van der Waals surface area contributed by atoms with Crippen molar-refractivity contribution in [3.8, 4) is 17.1 Å². The Bertz CT molecular complexity index is 842. The fraction of sp³-hybridized carbons (Fsp3) is 0.0667. The van der Waals surface area contributed by atoms with Gasteiger partial charge in [-0.3, -0.25) is 4.79 Å². The molecule has 106 valence electrons. The summed E-state index contributed by atoms with van der Waals surface area (Å²) in [6.07, 6.45) is 1.54. The molecule has 3 rings (SSSR count). The number of aromatic amines is 1. The van der Waals surface area contributed by atoms with E-state index in [-0.39, 0.29) is 0 Å². The molecule has 0 aliphatic carbocycles. The molecule has 3 aromatic rings. The number of H-pyrrole nitrogens is 1. The van der Waals surface area contributed by atoms with Crippen LogP contribution in [-0.4, -0.2) is 23.0 Å². The molecule has 1 amide bonds. The standard InChI is InChI=1S/C15H12ClN3O2/c1-21-15-12(9(16)6-7-18-15)13-11(14(17)20)8-4-2-3-5-10(8)19-13/h2-7,19H,1H3,(H2,17,20). The van der Waals surface area contributed by atoms with Crippen LogP contribution in [0.5, 0.6) is 5.88 Å². The first-order valence-corrected chi connectivity index (χ1v) is 6.60. The summed E-state index contributed by atoms with van der Waals surface area (Å²) in [7, 11) is 1.49. The lowest BCUT2D eigenvalue weighted by molar-refractivity contribution is 0.100. The van der Waals surface area contributed by atoms with Crippen LogP contribution in [0, 0.1) is 0 Å². The number of halogens is 1. The van der Waals surface area contributed by atoms with Gasteiger partial charge in [-0.1, -0.05) is 29.8 Å². The summed E-state index contributed by atoms with van der Waals surface area (Å²) in [5.74, 6) is -0.207. The van der Waals surface area contributed by atoms with Crippen molar-refractivity contribution >= 4 is 28.4 Å². The summed E-state index contributed by atoms with van der Waals surface area (Å²) in [5, 5.41) is 1.16. The first-order valence-electron chi connectivity index (χ1n) is 6.23. The summed E-state index contributed by atoms with van der Waals surface area (Å²) >= 11 is 6.25. The predicted octanol–water partition coefficient (Wildman–Crippen LogP) is 2.99. The van der Waals surface area contributed by atoms with Gasteiger partial charge in [0, 0.05) is 17.1 Å². The maximum Gasteiger partial charge on any atom is 0.251 e. The highest BCUT2D eigenvalue weighted by Crippen LogP contribution is 2.38. The zero-order valence-corrected chi connectivity index (χ0v) is 11.9. The second-order valence-electron chi connectivity index (χ2n) is 4.46. The largest absolute Gasteiger partial charge is 0.480 e. The number of nitrogens with two attached hydrogens (primary N) is 1. The van der Waals surface area contributed by atoms with Gasteiger partial charge in [0.25, 0.3) is 5.91 Å². The summed E-state index contributed by atoms with van der Waals surface area (Å²) in [4.78, 5) is 19.2. The van der Waals surface area contributed by atoms with Crippen molar-refractivity contribution in [2.24, 2.45) is 5.73 Å². The van der Waals surface area contributed by atoms with E-state index in [0.29, 0.717) is 27.7 Å². The van der Waals surface area contributed by atoms with Crippen LogP contribution in [-0.2, 0) is 0 Å². The fourth-order valence-electron chi connectivity index (χ4n) is 2.39. The maximum atomic E-state index is 11.9. The van der Waals surface area contributed by atoms with Gasteiger partial charge in [-0.2, -0.15) is 0 Å². The molecule has 3 N–H and O–H groups in total. The molecule has 0 aliphatic heterocycles. The topological polar surface area (TPSA) is 81.0 Å². The molecule has 1 aromatic carbocycles. The highest BCUT2D eigenvalue weighted by Gasteiger charge is 2.22. The van der Waals surface area contributed by atoms with E-state index in [2.05, 4.69) is 9.97 Å². The molecule has 6 heteroatoms. The van der Waals surface area contributed by atoms with Gasteiger partial charge in [-0.15, -0.1) is 0 Å². The lowest BCUT2D eigenvalue weighted by Gasteiger charge is -2.09. The van der Waals surface area contributed by atoms with Gasteiger partial charge in [0.15, 0.2) is 0 Å². The molecule has 0 saturated carbocycles. The zero-order valence-electron chi connectivity index (χ0n) is 11.2. The quantitative estimate of drug-likeness (QED) is 0.780. The lowest BCUT2D eigenvalue weighted by atomic mass is 10.1. The van der Waals surface area contributed by atoms with Gasteiger partial charge in [0.1, 0.15) is 0 Å². The van der Waals surface area contributed by atoms with Gasteiger partial charge in [-0.05, 0) is 12.1 Å². The van der Waals surface area contributed by atoms with E-state index in [1.54, 1.807) is 6.07 Å². The molecule has 0 bridgehead atoms. The molecular formula is C15H12ClN3O2. The number of para-hydroxylation sites is 1. The third-order valence-corrected chi connectivity index (χ3v) is 3.58. The van der Waals surface area contributed by atoms with Crippen molar-refractivity contribution in [3.05, 3.63) is 47.1 Å². The van der Waals surface area contributed by atoms with Gasteiger partial charge in [-0.25, -0.2) is 4.98 Å². The number of primary amides is 1. The number of aromatic nitrogens is 2. The van der Waals surface area contributed by atoms with Crippen LogP contribution >= 0.6 is 11.6 Å². The zero-order chi connectivity index (χ0) is 15.0. The van der Waals surface area contributed by atoms with Crippen LogP contribution in [0.2, 0.25) is 5.02 Å². The van der Waals surface area contributed by atoms with E-state index in [0.717, 1.165) is 10.9 Å². The number of nitrogens with zero attached hydrogens (tertiary/aromatic N) is 1. The molecule has 2 heterocycles. The Balaban J connectivity index is 2.41. The molecule has 0 atom stereocenters. The molecule has 0 unspecified atom stereocenters. The van der Waals surface area contributed by atoms with Crippen molar-refractivity contribution < 1.29 is 9.53 Å². The predicted molar refractivity (Wildman–Crippen MR) is 81.6 cm³/mol. The van der Waals surface area contributed by atoms with E-state index >= 15 is 0 Å². The van der Waals surface area contributed by atoms with Crippen LogP contribution in [0.25, 0.3) is 22.2 Å². The van der Waals surface area contributed by atoms with Gasteiger partial charge < -0.3 is 15.5 Å². The molecule has 21 heavy (non-hydrogen) atoms. The van der Waals surface area contributed by atoms with Crippen molar-refractivity contribution in [1.29, 1.82) is 0 Å². The number of nitrogens with one attached hydrogen (secondary N) is 1. The summed E-state index contributed by atoms with van der Waals surface area (Å²) < 4.78 is 5.24. The summed E-state index contributed by atoms with van der Waals surface area (Å²) in [6, 6.07) is 9.04. The van der Waals surface area contributed by atoms with Crippen molar-refractivity contribution in [1.82, 2.24) is 9.97 Å². The number of pyridine rings is 1. The number of hydrogen-bond donors (Lipinski definition) is 2. The number of carbonyl (C=O) groups is 1. The molecule has 0 fully saturated rings. The number of ether oxygens (including phenoxy) is 1. The third kappa shape index (κ3) is 2.11. The maximum absolute atomic E-state index is 11.9. The minimum Gasteiger partial charge on any atom is -0.480 e. The van der Waals surface area contributed by atoms with Crippen LogP contribution in [0.15, 0.2) is 36.5 Å². The summed E-state index contributed by atoms with van der Waals surface area (Å²) in [5.41, 5.74) is 7.74. The number of methoxy groups -OCH3 is 1. The van der Waals surface area contributed by atoms with Crippen molar-refractivity contribution in [2.75, 3.05) is 7.11 Å². The smallest absolute Gasteiger partial charge is 0.251 e. The second kappa shape index (κ2) is 5.10. The van der Waals surface area contributed by atoms with Crippen LogP contribution < -0.4 is 10.5 Å². The van der Waals surface area contributed by atoms with E-state index < -0.39 is 5.91 Å². The monoisotopic (exact) mass is 301 g/mol. The highest BCUT2D eigenvalue weighted by atomic mass is 35.5. The molecular weight excluding hydrogens is 290 g/mol. The molecule has 5 nitrogen and oxygen atoms in total. The molecule has 0 aliphatic rings. The van der Waals surface area contributed by atoms with Gasteiger partial charge in [0.05, 0.1) is 29.0 Å². The van der Waals surface area contributed by atoms with E-state index in [4.69, 9.17) is 22.1 Å². The number of carbonyl (C=O) groups excluding carboxylic acids is 1. The fourth-order valence-corrected chi connectivity index (χ4v) is 2.62. The highest BCUT2D eigenvalue weighted by molar-refractivity contribution is 6.34. The Morgan fingerprint density at radius 2 is 2.10 bits per heavy atom. The normalized spacial score (nSPS) is 10.8. The van der Waals surface area contributed by atoms with Crippen LogP contribution in [0.1, 0.15) is 10.4 Å². The first-order chi connectivity index (χ1) is 10.1. The van der Waals surface area contributed by atoms with E-state index in [1.165, 1.54) is 13.3 Å². The molecule has 0 saturated heterocycles. The Kier molecular flexibility index (Phi) is 3.27. The van der Waals surface area contributed by atoms with E-state index in [1.807, 2.05) is 24.3 Å². The number of benzene rings is 1. The number of fused-ring (bicyclic) bond motifs is 1. The van der Waals surface area contributed by atoms with Crippen LogP contribution in [0.4, 0.5) is 0 Å². The molecule has 0 spiro atoms. The van der Waals surface area contributed by atoms with Crippen molar-refractivity contribution in [2.45, 2.75) is 0 Å². The van der Waals surface area contributed by atoms with E-state index in [9.17, 15) is 4.79 Å². The van der Waals surface area contributed by atoms with Crippen molar-refractivity contribution in [3.63, 3.8) is 0 Å². The average Bonchev–Trinajstić information content (AvgIpc) is 2.85. The Labute approximate surface area is 125 Å². The Hall–Kier alpha value is -2.53. The number of rotatable bonds is 3. The Morgan fingerprint density at radius 3 is 2.81 bits per heavy atom. The Morgan fingerprint density at radius 1 is 1.33 bits per heavy atom. The third-order valence-electron chi connectivity index (χ3n) is 3.26. The van der Waals surface area contributed by atoms with Crippen LogP contribution in [0.3, 0.4) is 0 Å². The van der Waals surface area contributed by atoms with Gasteiger partial charge in [0.2, 0.25) is 5.88 Å². The summed E-state index contributed by atoms with van der Waals surface area (Å²) in [6.45, 7) is 0. The lowest BCUT2D eigenvalue weighted by Crippen LogP contribution is -2.12. The average molecular weight is 302 g/mol. The first kappa shape index (κ1) is 13.5. The minimum absolute atomic E-state index is 0.330. The number of hydrogen-bond acceptors (Lipinski definition) is 3. The SMILES string of the molecule is COc1nccc(Cl)c1-c1[nH]c2ccccc2c1C(N)=O. The molecule has 2 aromatic heterocycles. The van der Waals surface area contributed by atoms with Gasteiger partial charge >= 0.3 is 0 Å². The minimum atomic E-state index is -0.538. The second-order valence-corrected chi connectivity index (χ2v) is 4.87.